The summed E-state index contributed by atoms with van der Waals surface area (Å²) in [4.78, 5) is 4.91. The fraction of sp³-hybridized carbons (Fsp3) is 0.647. The first-order valence-electron chi connectivity index (χ1n) is 7.75. The summed E-state index contributed by atoms with van der Waals surface area (Å²) >= 11 is 0. The standard InChI is InChI=1S/C17H26N2O/c1-18-8-7-16(12-18)19(2)11-15-9-13-5-4-6-14(13)10-17(15)20-3/h9-10,16H,4-8,11-12H2,1-3H3/t16-/m0/s1. The van der Waals surface area contributed by atoms with Gasteiger partial charge in [-0.2, -0.15) is 0 Å². The van der Waals surface area contributed by atoms with Gasteiger partial charge in [-0.3, -0.25) is 4.90 Å². The van der Waals surface area contributed by atoms with Gasteiger partial charge in [-0.15, -0.1) is 0 Å². The van der Waals surface area contributed by atoms with Crippen LogP contribution in [-0.2, 0) is 19.4 Å². The molecule has 3 rings (SSSR count). The molecule has 1 aliphatic heterocycles. The van der Waals surface area contributed by atoms with Crippen molar-refractivity contribution < 1.29 is 4.74 Å². The Bertz CT molecular complexity index is 486. The van der Waals surface area contributed by atoms with E-state index >= 15 is 0 Å². The molecule has 1 aliphatic carbocycles. The summed E-state index contributed by atoms with van der Waals surface area (Å²) in [6.45, 7) is 3.40. The van der Waals surface area contributed by atoms with Gasteiger partial charge in [0.2, 0.25) is 0 Å². The number of hydrogen-bond donors (Lipinski definition) is 0. The maximum atomic E-state index is 5.62. The third-order valence-corrected chi connectivity index (χ3v) is 4.90. The maximum absolute atomic E-state index is 5.62. The summed E-state index contributed by atoms with van der Waals surface area (Å²) in [6, 6.07) is 5.33. The van der Waals surface area contributed by atoms with Gasteiger partial charge < -0.3 is 9.64 Å². The van der Waals surface area contributed by atoms with Crippen LogP contribution in [0.5, 0.6) is 5.75 Å². The quantitative estimate of drug-likeness (QED) is 0.838. The van der Waals surface area contributed by atoms with Gasteiger partial charge in [0.1, 0.15) is 5.75 Å². The second-order valence-corrected chi connectivity index (χ2v) is 6.41. The van der Waals surface area contributed by atoms with E-state index in [0.29, 0.717) is 6.04 Å². The SMILES string of the molecule is COc1cc2c(cc1CN(C)[C@H]1CCN(C)C1)CCC2. The van der Waals surface area contributed by atoms with Crippen LogP contribution in [0.4, 0.5) is 0 Å². The molecule has 20 heavy (non-hydrogen) atoms. The Kier molecular flexibility index (Phi) is 3.99. The fourth-order valence-corrected chi connectivity index (χ4v) is 3.64. The molecule has 0 amide bonds. The Morgan fingerprint density at radius 2 is 2.05 bits per heavy atom. The van der Waals surface area contributed by atoms with Gasteiger partial charge in [0.15, 0.2) is 0 Å². The molecule has 1 aromatic carbocycles. The van der Waals surface area contributed by atoms with Gasteiger partial charge in [-0.25, -0.2) is 0 Å². The molecule has 0 bridgehead atoms. The van der Waals surface area contributed by atoms with Gasteiger partial charge in [-0.1, -0.05) is 6.07 Å². The topological polar surface area (TPSA) is 15.7 Å². The lowest BCUT2D eigenvalue weighted by atomic mass is 10.0. The molecular weight excluding hydrogens is 248 g/mol. The van der Waals surface area contributed by atoms with Crippen LogP contribution in [0.25, 0.3) is 0 Å². The molecule has 0 radical (unpaired) electrons. The molecule has 0 N–H and O–H groups in total. The number of fused-ring (bicyclic) bond motifs is 1. The molecule has 1 atom stereocenters. The number of aryl methyl sites for hydroxylation is 2. The zero-order valence-corrected chi connectivity index (χ0v) is 13.0. The third kappa shape index (κ3) is 2.70. The summed E-state index contributed by atoms with van der Waals surface area (Å²) in [5.41, 5.74) is 4.39. The van der Waals surface area contributed by atoms with E-state index in [2.05, 4.69) is 36.0 Å². The highest BCUT2D eigenvalue weighted by molar-refractivity contribution is 5.44. The van der Waals surface area contributed by atoms with Gasteiger partial charge in [-0.05, 0) is 63.5 Å². The van der Waals surface area contributed by atoms with Crippen molar-refractivity contribution in [2.45, 2.75) is 38.3 Å². The van der Waals surface area contributed by atoms with E-state index in [4.69, 9.17) is 4.74 Å². The van der Waals surface area contributed by atoms with Gasteiger partial charge in [0.05, 0.1) is 7.11 Å². The molecule has 1 aromatic rings. The van der Waals surface area contributed by atoms with E-state index in [0.717, 1.165) is 12.3 Å². The molecular formula is C17H26N2O. The van der Waals surface area contributed by atoms with Crippen LogP contribution in [0.2, 0.25) is 0 Å². The number of rotatable bonds is 4. The number of likely N-dealkylation sites (tertiary alicyclic amines) is 1. The van der Waals surface area contributed by atoms with Crippen molar-refractivity contribution in [3.8, 4) is 5.75 Å². The fourth-order valence-electron chi connectivity index (χ4n) is 3.64. The maximum Gasteiger partial charge on any atom is 0.123 e. The lowest BCUT2D eigenvalue weighted by Crippen LogP contribution is -2.33. The Hall–Kier alpha value is -1.06. The molecule has 2 aliphatic rings. The molecule has 110 valence electrons. The Morgan fingerprint density at radius 1 is 1.30 bits per heavy atom. The van der Waals surface area contributed by atoms with Crippen molar-refractivity contribution in [1.82, 2.24) is 9.80 Å². The van der Waals surface area contributed by atoms with E-state index < -0.39 is 0 Å². The Labute approximate surface area is 122 Å². The average molecular weight is 274 g/mol. The molecule has 0 saturated carbocycles. The van der Waals surface area contributed by atoms with Crippen molar-refractivity contribution in [2.24, 2.45) is 0 Å². The zero-order chi connectivity index (χ0) is 14.1. The van der Waals surface area contributed by atoms with Crippen molar-refractivity contribution >= 4 is 0 Å². The summed E-state index contributed by atoms with van der Waals surface area (Å²) in [5, 5.41) is 0. The molecule has 1 fully saturated rings. The predicted octanol–water partition coefficient (Wildman–Crippen LogP) is 2.32. The van der Waals surface area contributed by atoms with Crippen LogP contribution in [0.15, 0.2) is 12.1 Å². The number of methoxy groups -OCH3 is 1. The summed E-state index contributed by atoms with van der Waals surface area (Å²) < 4.78 is 5.62. The van der Waals surface area contributed by atoms with Gasteiger partial charge in [0, 0.05) is 24.7 Å². The number of likely N-dealkylation sites (N-methyl/N-ethyl adjacent to an activating group) is 2. The normalized spacial score (nSPS) is 22.5. The summed E-state index contributed by atoms with van der Waals surface area (Å²) in [6.07, 6.45) is 5.03. The van der Waals surface area contributed by atoms with Crippen LogP contribution in [0, 0.1) is 0 Å². The minimum atomic E-state index is 0.679. The first-order valence-corrected chi connectivity index (χ1v) is 7.75. The zero-order valence-electron chi connectivity index (χ0n) is 13.0. The highest BCUT2D eigenvalue weighted by Crippen LogP contribution is 2.31. The minimum absolute atomic E-state index is 0.679. The van der Waals surface area contributed by atoms with Crippen molar-refractivity contribution in [2.75, 3.05) is 34.3 Å². The third-order valence-electron chi connectivity index (χ3n) is 4.90. The first kappa shape index (κ1) is 13.9. The van der Waals surface area contributed by atoms with E-state index in [1.165, 1.54) is 55.5 Å². The van der Waals surface area contributed by atoms with E-state index in [1.54, 1.807) is 7.11 Å². The predicted molar refractivity (Wildman–Crippen MR) is 82.4 cm³/mol. The van der Waals surface area contributed by atoms with E-state index in [1.807, 2.05) is 0 Å². The van der Waals surface area contributed by atoms with Crippen molar-refractivity contribution in [3.63, 3.8) is 0 Å². The Balaban J connectivity index is 1.76. The molecule has 0 unspecified atom stereocenters. The van der Waals surface area contributed by atoms with Crippen LogP contribution in [-0.4, -0.2) is 50.1 Å². The minimum Gasteiger partial charge on any atom is -0.496 e. The molecule has 3 nitrogen and oxygen atoms in total. The lowest BCUT2D eigenvalue weighted by Gasteiger charge is -2.25. The highest BCUT2D eigenvalue weighted by atomic mass is 16.5. The summed E-state index contributed by atoms with van der Waals surface area (Å²) in [7, 11) is 6.25. The largest absolute Gasteiger partial charge is 0.496 e. The first-order chi connectivity index (χ1) is 9.67. The Morgan fingerprint density at radius 3 is 2.70 bits per heavy atom. The average Bonchev–Trinajstić information content (AvgIpc) is 3.05. The number of hydrogen-bond acceptors (Lipinski definition) is 3. The van der Waals surface area contributed by atoms with Crippen molar-refractivity contribution in [3.05, 3.63) is 28.8 Å². The molecule has 0 aromatic heterocycles. The van der Waals surface area contributed by atoms with E-state index in [-0.39, 0.29) is 0 Å². The van der Waals surface area contributed by atoms with Gasteiger partial charge in [0.25, 0.3) is 0 Å². The number of nitrogens with zero attached hydrogens (tertiary/aromatic N) is 2. The van der Waals surface area contributed by atoms with Crippen LogP contribution < -0.4 is 4.74 Å². The van der Waals surface area contributed by atoms with Crippen LogP contribution in [0.1, 0.15) is 29.5 Å². The number of ether oxygens (including phenoxy) is 1. The monoisotopic (exact) mass is 274 g/mol. The van der Waals surface area contributed by atoms with Gasteiger partial charge >= 0.3 is 0 Å². The second-order valence-electron chi connectivity index (χ2n) is 6.41. The lowest BCUT2D eigenvalue weighted by molar-refractivity contribution is 0.231. The smallest absolute Gasteiger partial charge is 0.123 e. The van der Waals surface area contributed by atoms with Crippen LogP contribution in [0.3, 0.4) is 0 Å². The highest BCUT2D eigenvalue weighted by Gasteiger charge is 2.24. The second kappa shape index (κ2) is 5.74. The molecule has 0 spiro atoms. The summed E-state index contributed by atoms with van der Waals surface area (Å²) in [5.74, 6) is 1.07. The molecule has 3 heteroatoms. The van der Waals surface area contributed by atoms with Crippen LogP contribution >= 0.6 is 0 Å². The van der Waals surface area contributed by atoms with E-state index in [9.17, 15) is 0 Å². The van der Waals surface area contributed by atoms with Crippen molar-refractivity contribution in [1.29, 1.82) is 0 Å². The molecule has 1 heterocycles. The molecule has 1 saturated heterocycles. The number of benzene rings is 1.